The van der Waals surface area contributed by atoms with Crippen LogP contribution in [0.1, 0.15) is 31.4 Å². The van der Waals surface area contributed by atoms with E-state index in [4.69, 9.17) is 5.73 Å². The summed E-state index contributed by atoms with van der Waals surface area (Å²) in [6, 6.07) is 0. The van der Waals surface area contributed by atoms with Crippen molar-refractivity contribution in [2.45, 2.75) is 32.1 Å². The molecule has 1 aromatic heterocycles. The van der Waals surface area contributed by atoms with E-state index in [1.807, 2.05) is 5.38 Å². The molecule has 0 unspecified atom stereocenters. The van der Waals surface area contributed by atoms with Gasteiger partial charge in [0, 0.05) is 5.38 Å². The first-order valence-electron chi connectivity index (χ1n) is 4.81. The van der Waals surface area contributed by atoms with Crippen LogP contribution in [0.25, 0.3) is 0 Å². The summed E-state index contributed by atoms with van der Waals surface area (Å²) in [6.07, 6.45) is 6.21. The van der Waals surface area contributed by atoms with Gasteiger partial charge in [-0.25, -0.2) is 0 Å². The number of hydrogen-bond donors (Lipinski definition) is 1. The number of hydrogen-bond acceptors (Lipinski definition) is 4. The third-order valence-corrected chi connectivity index (χ3v) is 3.61. The minimum Gasteiger partial charge on any atom is -0.330 e. The maximum atomic E-state index is 5.84. The molecule has 2 rings (SSSR count). The fourth-order valence-corrected chi connectivity index (χ4v) is 2.67. The van der Waals surface area contributed by atoms with Crippen molar-refractivity contribution in [1.29, 1.82) is 0 Å². The van der Waals surface area contributed by atoms with Gasteiger partial charge < -0.3 is 5.73 Å². The maximum Gasteiger partial charge on any atom is 0.0761 e. The molecular weight excluding hydrogens is 182 g/mol. The van der Waals surface area contributed by atoms with E-state index in [1.165, 1.54) is 37.2 Å². The highest BCUT2D eigenvalue weighted by Gasteiger charge is 2.33. The summed E-state index contributed by atoms with van der Waals surface area (Å²) in [5.74, 6) is 0. The lowest BCUT2D eigenvalue weighted by Crippen LogP contribution is -2.29. The summed E-state index contributed by atoms with van der Waals surface area (Å²) in [4.78, 5) is 0. The van der Waals surface area contributed by atoms with Crippen molar-refractivity contribution >= 4 is 11.5 Å². The van der Waals surface area contributed by atoms with E-state index in [1.54, 1.807) is 0 Å². The molecule has 0 aromatic carbocycles. The molecule has 3 nitrogen and oxygen atoms in total. The fraction of sp³-hybridized carbons (Fsp3) is 0.778. The van der Waals surface area contributed by atoms with Crippen LogP contribution in [0.15, 0.2) is 5.38 Å². The molecule has 0 amide bonds. The Morgan fingerprint density at radius 1 is 1.46 bits per heavy atom. The monoisotopic (exact) mass is 197 g/mol. The highest BCUT2D eigenvalue weighted by Crippen LogP contribution is 2.39. The highest BCUT2D eigenvalue weighted by atomic mass is 32.1. The summed E-state index contributed by atoms with van der Waals surface area (Å²) < 4.78 is 3.88. The first-order valence-corrected chi connectivity index (χ1v) is 5.64. The number of nitrogens with zero attached hydrogens (tertiary/aromatic N) is 2. The van der Waals surface area contributed by atoms with Gasteiger partial charge in [-0.2, -0.15) is 0 Å². The van der Waals surface area contributed by atoms with Crippen LogP contribution >= 0.6 is 11.5 Å². The molecule has 1 saturated carbocycles. The Balaban J connectivity index is 2.06. The van der Waals surface area contributed by atoms with Gasteiger partial charge in [-0.15, -0.1) is 5.10 Å². The van der Waals surface area contributed by atoms with Crippen molar-refractivity contribution < 1.29 is 0 Å². The molecule has 13 heavy (non-hydrogen) atoms. The molecule has 72 valence electrons. The molecule has 0 aliphatic heterocycles. The average molecular weight is 197 g/mol. The summed E-state index contributed by atoms with van der Waals surface area (Å²) in [6.45, 7) is 0.796. The summed E-state index contributed by atoms with van der Waals surface area (Å²) in [5, 5.41) is 6.12. The van der Waals surface area contributed by atoms with Gasteiger partial charge in [0.15, 0.2) is 0 Å². The van der Waals surface area contributed by atoms with Crippen molar-refractivity contribution in [3.8, 4) is 0 Å². The minimum absolute atomic E-state index is 0.343. The summed E-state index contributed by atoms with van der Waals surface area (Å²) in [5.41, 5.74) is 7.31. The van der Waals surface area contributed by atoms with Crippen LogP contribution in [-0.4, -0.2) is 16.1 Å². The van der Waals surface area contributed by atoms with Crippen molar-refractivity contribution in [2.24, 2.45) is 11.1 Å². The van der Waals surface area contributed by atoms with Crippen molar-refractivity contribution in [2.75, 3.05) is 6.54 Å². The largest absolute Gasteiger partial charge is 0.330 e. The van der Waals surface area contributed by atoms with Crippen LogP contribution in [0.5, 0.6) is 0 Å². The number of rotatable bonds is 3. The quantitative estimate of drug-likeness (QED) is 0.800. The second-order valence-corrected chi connectivity index (χ2v) is 4.59. The standard InChI is InChI=1S/C9H15N3S/c10-7-9(3-1-2-4-9)5-8-6-13-12-11-8/h6H,1-5,7,10H2. The average Bonchev–Trinajstić information content (AvgIpc) is 2.77. The molecule has 4 heteroatoms. The molecule has 1 aliphatic carbocycles. The van der Waals surface area contributed by atoms with E-state index >= 15 is 0 Å². The lowest BCUT2D eigenvalue weighted by Gasteiger charge is -2.25. The number of nitrogens with two attached hydrogens (primary N) is 1. The summed E-state index contributed by atoms with van der Waals surface area (Å²) in [7, 11) is 0. The lowest BCUT2D eigenvalue weighted by molar-refractivity contribution is 0.303. The molecule has 0 atom stereocenters. The van der Waals surface area contributed by atoms with Gasteiger partial charge in [0.2, 0.25) is 0 Å². The Morgan fingerprint density at radius 3 is 2.77 bits per heavy atom. The normalized spacial score (nSPS) is 20.7. The second kappa shape index (κ2) is 3.72. The molecule has 1 aromatic rings. The molecular formula is C9H15N3S. The third-order valence-electron chi connectivity index (χ3n) is 3.06. The molecule has 0 bridgehead atoms. The van der Waals surface area contributed by atoms with E-state index in [0.29, 0.717) is 5.41 Å². The SMILES string of the molecule is NCC1(Cc2csnn2)CCCC1. The summed E-state index contributed by atoms with van der Waals surface area (Å²) >= 11 is 1.43. The zero-order chi connectivity index (χ0) is 9.15. The molecule has 1 heterocycles. The Bertz CT molecular complexity index is 252. The Hall–Kier alpha value is -0.480. The van der Waals surface area contributed by atoms with Crippen LogP contribution in [0, 0.1) is 5.41 Å². The van der Waals surface area contributed by atoms with E-state index < -0.39 is 0 Å². The van der Waals surface area contributed by atoms with Gasteiger partial charge in [-0.05, 0) is 42.8 Å². The van der Waals surface area contributed by atoms with Crippen LogP contribution in [0.2, 0.25) is 0 Å². The van der Waals surface area contributed by atoms with E-state index in [2.05, 4.69) is 9.59 Å². The third kappa shape index (κ3) is 1.89. The molecule has 0 spiro atoms. The van der Waals surface area contributed by atoms with Gasteiger partial charge in [0.05, 0.1) is 5.69 Å². The topological polar surface area (TPSA) is 51.8 Å². The Labute approximate surface area is 82.5 Å². The predicted octanol–water partition coefficient (Wildman–Crippen LogP) is 1.60. The van der Waals surface area contributed by atoms with Crippen molar-refractivity contribution in [1.82, 2.24) is 9.59 Å². The smallest absolute Gasteiger partial charge is 0.0761 e. The van der Waals surface area contributed by atoms with E-state index in [-0.39, 0.29) is 0 Å². The van der Waals surface area contributed by atoms with Gasteiger partial charge in [0.25, 0.3) is 0 Å². The van der Waals surface area contributed by atoms with Crippen molar-refractivity contribution in [3.05, 3.63) is 11.1 Å². The van der Waals surface area contributed by atoms with Crippen LogP contribution in [0.3, 0.4) is 0 Å². The molecule has 0 saturated heterocycles. The minimum atomic E-state index is 0.343. The van der Waals surface area contributed by atoms with Gasteiger partial charge in [-0.1, -0.05) is 17.3 Å². The predicted molar refractivity (Wildman–Crippen MR) is 53.6 cm³/mol. The first-order chi connectivity index (χ1) is 6.35. The van der Waals surface area contributed by atoms with Crippen molar-refractivity contribution in [3.63, 3.8) is 0 Å². The maximum absolute atomic E-state index is 5.84. The Kier molecular flexibility index (Phi) is 2.60. The molecule has 1 aliphatic rings. The second-order valence-electron chi connectivity index (χ2n) is 3.98. The van der Waals surface area contributed by atoms with Gasteiger partial charge in [-0.3, -0.25) is 0 Å². The molecule has 1 fully saturated rings. The molecule has 0 radical (unpaired) electrons. The number of aromatic nitrogens is 2. The highest BCUT2D eigenvalue weighted by molar-refractivity contribution is 7.03. The fourth-order valence-electron chi connectivity index (χ4n) is 2.22. The zero-order valence-corrected chi connectivity index (χ0v) is 8.52. The van der Waals surface area contributed by atoms with Crippen LogP contribution in [-0.2, 0) is 6.42 Å². The molecule has 2 N–H and O–H groups in total. The van der Waals surface area contributed by atoms with Crippen LogP contribution < -0.4 is 5.73 Å². The lowest BCUT2D eigenvalue weighted by atomic mass is 9.82. The Morgan fingerprint density at radius 2 is 2.23 bits per heavy atom. The van der Waals surface area contributed by atoms with E-state index in [0.717, 1.165) is 18.7 Å². The zero-order valence-electron chi connectivity index (χ0n) is 7.70. The van der Waals surface area contributed by atoms with Gasteiger partial charge >= 0.3 is 0 Å². The van der Waals surface area contributed by atoms with Gasteiger partial charge in [0.1, 0.15) is 0 Å². The van der Waals surface area contributed by atoms with Crippen LogP contribution in [0.4, 0.5) is 0 Å². The van der Waals surface area contributed by atoms with E-state index in [9.17, 15) is 0 Å². The first kappa shape index (κ1) is 9.09.